The van der Waals surface area contributed by atoms with Gasteiger partial charge < -0.3 is 14.4 Å². The molecule has 0 aliphatic carbocycles. The Bertz CT molecular complexity index is 1280. The molecule has 4 heterocycles. The van der Waals surface area contributed by atoms with Crippen LogP contribution in [0.3, 0.4) is 0 Å². The van der Waals surface area contributed by atoms with Crippen LogP contribution in [0.1, 0.15) is 12.5 Å². The number of aryl methyl sites for hydroxylation is 1. The van der Waals surface area contributed by atoms with Crippen molar-refractivity contribution in [3.05, 3.63) is 54.1 Å². The van der Waals surface area contributed by atoms with E-state index in [-0.39, 0.29) is 11.8 Å². The number of halogens is 1. The number of nitrogens with zero attached hydrogens (tertiary/aromatic N) is 4. The minimum Gasteiger partial charge on any atom is -0.494 e. The molecule has 3 aromatic heterocycles. The molecular formula is C24H24FN5O2. The van der Waals surface area contributed by atoms with Crippen LogP contribution in [-0.2, 0) is 4.74 Å². The van der Waals surface area contributed by atoms with Gasteiger partial charge in [-0.2, -0.15) is 5.10 Å². The van der Waals surface area contributed by atoms with Crippen molar-refractivity contribution in [2.24, 2.45) is 0 Å². The zero-order chi connectivity index (χ0) is 22.2. The van der Waals surface area contributed by atoms with E-state index in [1.807, 2.05) is 19.1 Å². The van der Waals surface area contributed by atoms with Crippen LogP contribution in [0.4, 0.5) is 10.2 Å². The summed E-state index contributed by atoms with van der Waals surface area (Å²) in [5.74, 6) is 0.565. The van der Waals surface area contributed by atoms with Gasteiger partial charge in [-0.3, -0.25) is 10.1 Å². The summed E-state index contributed by atoms with van der Waals surface area (Å²) in [6, 6.07) is 9.16. The third-order valence-electron chi connectivity index (χ3n) is 5.90. The summed E-state index contributed by atoms with van der Waals surface area (Å²) in [6.45, 7) is 6.00. The average molecular weight is 433 g/mol. The highest BCUT2D eigenvalue weighted by molar-refractivity contribution is 6.03. The highest BCUT2D eigenvalue weighted by Crippen LogP contribution is 2.39. The van der Waals surface area contributed by atoms with Gasteiger partial charge in [0.15, 0.2) is 11.6 Å². The second kappa shape index (κ2) is 8.20. The third kappa shape index (κ3) is 3.36. The van der Waals surface area contributed by atoms with E-state index in [4.69, 9.17) is 14.5 Å². The van der Waals surface area contributed by atoms with E-state index in [9.17, 15) is 0 Å². The minimum atomic E-state index is -0.400. The molecule has 1 saturated heterocycles. The summed E-state index contributed by atoms with van der Waals surface area (Å²) in [5.41, 5.74) is 4.25. The van der Waals surface area contributed by atoms with Gasteiger partial charge in [0.05, 0.1) is 32.1 Å². The van der Waals surface area contributed by atoms with Gasteiger partial charge in [0.25, 0.3) is 0 Å². The van der Waals surface area contributed by atoms with E-state index in [1.54, 1.807) is 30.6 Å². The lowest BCUT2D eigenvalue weighted by atomic mass is 9.96. The number of pyridine rings is 2. The van der Waals surface area contributed by atoms with Crippen molar-refractivity contribution < 1.29 is 13.9 Å². The van der Waals surface area contributed by atoms with Gasteiger partial charge in [0.2, 0.25) is 0 Å². The lowest BCUT2D eigenvalue weighted by Gasteiger charge is -2.34. The number of benzene rings is 1. The molecule has 1 aliphatic rings. The molecule has 1 aliphatic heterocycles. The standard InChI is InChI=1S/C24H24FN5O2/c1-14-12-26-23(18-7-8-27-29-18)24-21(14)17(16-5-4-6-19(31-3)22(16)25)11-20(28-24)30-9-10-32-13-15(30)2/h4-8,11-12,15H,9-10,13H2,1-3H3,(H,27,29). The Labute approximate surface area is 185 Å². The van der Waals surface area contributed by atoms with Crippen LogP contribution in [0.5, 0.6) is 5.75 Å². The maximum absolute atomic E-state index is 15.4. The third-order valence-corrected chi connectivity index (χ3v) is 5.90. The number of anilines is 1. The molecular weight excluding hydrogens is 409 g/mol. The van der Waals surface area contributed by atoms with Gasteiger partial charge in [0, 0.05) is 29.9 Å². The van der Waals surface area contributed by atoms with Gasteiger partial charge in [-0.05, 0) is 43.2 Å². The van der Waals surface area contributed by atoms with Crippen molar-refractivity contribution in [1.82, 2.24) is 20.2 Å². The zero-order valence-electron chi connectivity index (χ0n) is 18.2. The fourth-order valence-corrected chi connectivity index (χ4v) is 4.28. The minimum absolute atomic E-state index is 0.144. The predicted octanol–water partition coefficient (Wildman–Crippen LogP) is 4.37. The van der Waals surface area contributed by atoms with Crippen molar-refractivity contribution >= 4 is 16.7 Å². The molecule has 1 atom stereocenters. The van der Waals surface area contributed by atoms with E-state index < -0.39 is 5.82 Å². The first-order valence-corrected chi connectivity index (χ1v) is 10.6. The molecule has 0 saturated carbocycles. The van der Waals surface area contributed by atoms with Crippen molar-refractivity contribution in [2.45, 2.75) is 19.9 Å². The lowest BCUT2D eigenvalue weighted by Crippen LogP contribution is -2.44. The van der Waals surface area contributed by atoms with Crippen LogP contribution in [0.15, 0.2) is 42.7 Å². The fraction of sp³-hybridized carbons (Fsp3) is 0.292. The van der Waals surface area contributed by atoms with Crippen LogP contribution in [0.2, 0.25) is 0 Å². The SMILES string of the molecule is COc1cccc(-c2cc(N3CCOCC3C)nc3c(-c4ccn[nH]4)ncc(C)c23)c1F. The molecule has 0 amide bonds. The molecule has 8 heteroatoms. The van der Waals surface area contributed by atoms with E-state index in [0.717, 1.165) is 28.0 Å². The number of aromatic nitrogens is 4. The summed E-state index contributed by atoms with van der Waals surface area (Å²) in [6.07, 6.45) is 3.47. The number of ether oxygens (including phenoxy) is 2. The average Bonchev–Trinajstić information content (AvgIpc) is 3.34. The quantitative estimate of drug-likeness (QED) is 0.515. The lowest BCUT2D eigenvalue weighted by molar-refractivity contribution is 0.0986. The molecule has 1 aromatic carbocycles. The summed E-state index contributed by atoms with van der Waals surface area (Å²) >= 11 is 0. The number of nitrogens with one attached hydrogen (secondary N) is 1. The Balaban J connectivity index is 1.85. The summed E-state index contributed by atoms with van der Waals surface area (Å²) in [7, 11) is 1.47. The monoisotopic (exact) mass is 433 g/mol. The van der Waals surface area contributed by atoms with Gasteiger partial charge >= 0.3 is 0 Å². The van der Waals surface area contributed by atoms with Crippen LogP contribution in [0.25, 0.3) is 33.4 Å². The number of morpholine rings is 1. The normalized spacial score (nSPS) is 16.5. The summed E-state index contributed by atoms with van der Waals surface area (Å²) < 4.78 is 26.3. The maximum Gasteiger partial charge on any atom is 0.172 e. The Morgan fingerprint density at radius 2 is 2.12 bits per heavy atom. The van der Waals surface area contributed by atoms with Crippen molar-refractivity contribution in [1.29, 1.82) is 0 Å². The Hall–Kier alpha value is -3.52. The molecule has 0 spiro atoms. The van der Waals surface area contributed by atoms with Crippen molar-refractivity contribution in [3.63, 3.8) is 0 Å². The summed E-state index contributed by atoms with van der Waals surface area (Å²) in [5, 5.41) is 7.90. The van der Waals surface area contributed by atoms with Gasteiger partial charge in [-0.15, -0.1) is 0 Å². The number of aromatic amines is 1. The van der Waals surface area contributed by atoms with Crippen LogP contribution in [-0.4, -0.2) is 53.1 Å². The number of methoxy groups -OCH3 is 1. The zero-order valence-corrected chi connectivity index (χ0v) is 18.2. The topological polar surface area (TPSA) is 76.2 Å². The second-order valence-electron chi connectivity index (χ2n) is 7.95. The largest absolute Gasteiger partial charge is 0.494 e. The van der Waals surface area contributed by atoms with Crippen LogP contribution < -0.4 is 9.64 Å². The highest BCUT2D eigenvalue weighted by Gasteiger charge is 2.25. The summed E-state index contributed by atoms with van der Waals surface area (Å²) in [4.78, 5) is 11.9. The number of fused-ring (bicyclic) bond motifs is 1. The molecule has 0 radical (unpaired) electrons. The van der Waals surface area contributed by atoms with Gasteiger partial charge in [-0.25, -0.2) is 9.37 Å². The first-order chi connectivity index (χ1) is 15.6. The highest BCUT2D eigenvalue weighted by atomic mass is 19.1. The maximum atomic E-state index is 15.4. The Morgan fingerprint density at radius 1 is 1.25 bits per heavy atom. The molecule has 5 rings (SSSR count). The number of rotatable bonds is 4. The number of hydrogen-bond acceptors (Lipinski definition) is 6. The Morgan fingerprint density at radius 3 is 2.88 bits per heavy atom. The number of H-pyrrole nitrogens is 1. The molecule has 164 valence electrons. The molecule has 32 heavy (non-hydrogen) atoms. The molecule has 7 nitrogen and oxygen atoms in total. The first kappa shape index (κ1) is 20.4. The number of hydrogen-bond donors (Lipinski definition) is 1. The predicted molar refractivity (Wildman–Crippen MR) is 121 cm³/mol. The van der Waals surface area contributed by atoms with Crippen LogP contribution >= 0.6 is 0 Å². The van der Waals surface area contributed by atoms with Crippen molar-refractivity contribution in [2.75, 3.05) is 31.8 Å². The molecule has 0 bridgehead atoms. The van der Waals surface area contributed by atoms with Gasteiger partial charge in [0.1, 0.15) is 17.0 Å². The van der Waals surface area contributed by atoms with Gasteiger partial charge in [-0.1, -0.05) is 12.1 Å². The smallest absolute Gasteiger partial charge is 0.172 e. The molecule has 1 unspecified atom stereocenters. The van der Waals surface area contributed by atoms with E-state index >= 15 is 4.39 Å². The van der Waals surface area contributed by atoms with Crippen molar-refractivity contribution in [3.8, 4) is 28.3 Å². The molecule has 1 N–H and O–H groups in total. The first-order valence-electron chi connectivity index (χ1n) is 10.6. The Kier molecular flexibility index (Phi) is 5.22. The van der Waals surface area contributed by atoms with E-state index in [0.29, 0.717) is 36.5 Å². The molecule has 1 fully saturated rings. The second-order valence-corrected chi connectivity index (χ2v) is 7.95. The molecule has 4 aromatic rings. The van der Waals surface area contributed by atoms with Crippen LogP contribution in [0, 0.1) is 12.7 Å². The fourth-order valence-electron chi connectivity index (χ4n) is 4.28. The van der Waals surface area contributed by atoms with E-state index in [2.05, 4.69) is 27.0 Å². The van der Waals surface area contributed by atoms with E-state index in [1.165, 1.54) is 7.11 Å².